The summed E-state index contributed by atoms with van der Waals surface area (Å²) in [6.07, 6.45) is 1.46. The van der Waals surface area contributed by atoms with Gasteiger partial charge in [-0.05, 0) is 6.42 Å². The highest BCUT2D eigenvalue weighted by Crippen LogP contribution is 2.05. The van der Waals surface area contributed by atoms with Crippen molar-refractivity contribution in [3.63, 3.8) is 0 Å². The number of carboxylic acids is 1. The maximum atomic E-state index is 10.9. The normalized spacial score (nSPS) is 12.5. The number of rotatable bonds is 5. The lowest BCUT2D eigenvalue weighted by Crippen LogP contribution is -2.14. The molecule has 0 saturated heterocycles. The lowest BCUT2D eigenvalue weighted by Gasteiger charge is -2.02. The van der Waals surface area contributed by atoms with Crippen LogP contribution in [-0.4, -0.2) is 16.9 Å². The number of aliphatic carboxylic acids is 1. The minimum Gasteiger partial charge on any atom is -0.481 e. The topological polar surface area (TPSA) is 54.4 Å². The molecule has 0 aromatic rings. The van der Waals surface area contributed by atoms with Gasteiger partial charge in [0.25, 0.3) is 0 Å². The van der Waals surface area contributed by atoms with Crippen LogP contribution < -0.4 is 0 Å². The number of carbonyl (C=O) groups excluding carboxylic acids is 1. The summed E-state index contributed by atoms with van der Waals surface area (Å²) in [4.78, 5) is 21.2. The molecule has 11 heavy (non-hydrogen) atoms. The van der Waals surface area contributed by atoms with Crippen LogP contribution in [0.1, 0.15) is 33.1 Å². The summed E-state index contributed by atoms with van der Waals surface area (Å²) in [5.74, 6) is -1.38. The SMILES string of the molecule is CCCC(=O)CC(C)C(=O)O. The quantitative estimate of drug-likeness (QED) is 0.659. The highest BCUT2D eigenvalue weighted by molar-refractivity contribution is 5.83. The van der Waals surface area contributed by atoms with Crippen molar-refractivity contribution in [1.82, 2.24) is 0 Å². The van der Waals surface area contributed by atoms with Gasteiger partial charge in [-0.25, -0.2) is 0 Å². The van der Waals surface area contributed by atoms with Crippen molar-refractivity contribution in [2.45, 2.75) is 33.1 Å². The highest BCUT2D eigenvalue weighted by atomic mass is 16.4. The predicted octanol–water partition coefficient (Wildman–Crippen LogP) is 1.47. The van der Waals surface area contributed by atoms with Gasteiger partial charge in [-0.3, -0.25) is 9.59 Å². The van der Waals surface area contributed by atoms with Gasteiger partial charge in [0.05, 0.1) is 5.92 Å². The summed E-state index contributed by atoms with van der Waals surface area (Å²) < 4.78 is 0. The third-order valence-corrected chi connectivity index (χ3v) is 1.48. The summed E-state index contributed by atoms with van der Waals surface area (Å²) >= 11 is 0. The Kier molecular flexibility index (Phi) is 4.50. The largest absolute Gasteiger partial charge is 0.481 e. The molecule has 0 fully saturated rings. The number of ketones is 1. The molecular weight excluding hydrogens is 144 g/mol. The maximum Gasteiger partial charge on any atom is 0.306 e. The fraction of sp³-hybridized carbons (Fsp3) is 0.750. The van der Waals surface area contributed by atoms with E-state index in [9.17, 15) is 9.59 Å². The molecule has 1 N–H and O–H groups in total. The van der Waals surface area contributed by atoms with E-state index in [1.165, 1.54) is 0 Å². The molecule has 0 radical (unpaired) electrons. The van der Waals surface area contributed by atoms with Crippen LogP contribution in [0, 0.1) is 5.92 Å². The molecule has 0 amide bonds. The molecule has 1 unspecified atom stereocenters. The van der Waals surface area contributed by atoms with Gasteiger partial charge < -0.3 is 5.11 Å². The average molecular weight is 158 g/mol. The molecule has 0 bridgehead atoms. The second kappa shape index (κ2) is 4.88. The Morgan fingerprint density at radius 1 is 1.45 bits per heavy atom. The van der Waals surface area contributed by atoms with Crippen molar-refractivity contribution in [1.29, 1.82) is 0 Å². The molecule has 64 valence electrons. The van der Waals surface area contributed by atoms with E-state index in [1.54, 1.807) is 6.92 Å². The van der Waals surface area contributed by atoms with Crippen molar-refractivity contribution in [3.8, 4) is 0 Å². The number of carboxylic acid groups (broad SMARTS) is 1. The minimum absolute atomic E-state index is 0.0439. The van der Waals surface area contributed by atoms with Crippen molar-refractivity contribution < 1.29 is 14.7 Å². The van der Waals surface area contributed by atoms with Gasteiger partial charge in [0.1, 0.15) is 5.78 Å². The zero-order valence-electron chi connectivity index (χ0n) is 6.96. The summed E-state index contributed by atoms with van der Waals surface area (Å²) in [5.41, 5.74) is 0. The first kappa shape index (κ1) is 10.1. The Labute approximate surface area is 66.4 Å². The number of Topliss-reactive ketones (excluding diaryl/α,β-unsaturated/α-hetero) is 1. The fourth-order valence-electron chi connectivity index (χ4n) is 0.810. The lowest BCUT2D eigenvalue weighted by molar-refractivity contribution is -0.143. The average Bonchev–Trinajstić information content (AvgIpc) is 1.87. The van der Waals surface area contributed by atoms with Gasteiger partial charge in [-0.2, -0.15) is 0 Å². The van der Waals surface area contributed by atoms with Crippen LogP contribution >= 0.6 is 0 Å². The van der Waals surface area contributed by atoms with Crippen LogP contribution in [0.3, 0.4) is 0 Å². The Bertz CT molecular complexity index is 151. The monoisotopic (exact) mass is 158 g/mol. The van der Waals surface area contributed by atoms with E-state index in [1.807, 2.05) is 6.92 Å². The van der Waals surface area contributed by atoms with Gasteiger partial charge in [0.15, 0.2) is 0 Å². The highest BCUT2D eigenvalue weighted by Gasteiger charge is 2.14. The van der Waals surface area contributed by atoms with Crippen molar-refractivity contribution in [2.75, 3.05) is 0 Å². The Morgan fingerprint density at radius 2 is 2.00 bits per heavy atom. The second-order valence-electron chi connectivity index (χ2n) is 2.73. The van der Waals surface area contributed by atoms with Gasteiger partial charge >= 0.3 is 5.97 Å². The van der Waals surface area contributed by atoms with Gasteiger partial charge in [-0.15, -0.1) is 0 Å². The van der Waals surface area contributed by atoms with Gasteiger partial charge in [0, 0.05) is 12.8 Å². The molecule has 3 heteroatoms. The van der Waals surface area contributed by atoms with Gasteiger partial charge in [-0.1, -0.05) is 13.8 Å². The molecule has 3 nitrogen and oxygen atoms in total. The van der Waals surface area contributed by atoms with E-state index in [0.29, 0.717) is 6.42 Å². The minimum atomic E-state index is -0.894. The number of carbonyl (C=O) groups is 2. The zero-order chi connectivity index (χ0) is 8.85. The van der Waals surface area contributed by atoms with E-state index in [-0.39, 0.29) is 12.2 Å². The van der Waals surface area contributed by atoms with Crippen molar-refractivity contribution in [2.24, 2.45) is 5.92 Å². The van der Waals surface area contributed by atoms with Crippen LogP contribution in [0.25, 0.3) is 0 Å². The number of hydrogen-bond acceptors (Lipinski definition) is 2. The zero-order valence-corrected chi connectivity index (χ0v) is 6.96. The summed E-state index contributed by atoms with van der Waals surface area (Å²) in [6.45, 7) is 3.46. The Balaban J connectivity index is 3.66. The van der Waals surface area contributed by atoms with Gasteiger partial charge in [0.2, 0.25) is 0 Å². The molecular formula is C8H14O3. The first-order valence-corrected chi connectivity index (χ1v) is 3.82. The lowest BCUT2D eigenvalue weighted by atomic mass is 10.0. The molecule has 0 heterocycles. The molecule has 0 aliphatic heterocycles. The van der Waals surface area contributed by atoms with E-state index < -0.39 is 11.9 Å². The van der Waals surface area contributed by atoms with Crippen molar-refractivity contribution in [3.05, 3.63) is 0 Å². The summed E-state index contributed by atoms with van der Waals surface area (Å²) in [6, 6.07) is 0. The molecule has 0 aromatic carbocycles. The van der Waals surface area contributed by atoms with Crippen LogP contribution in [-0.2, 0) is 9.59 Å². The van der Waals surface area contributed by atoms with Crippen LogP contribution in [0.4, 0.5) is 0 Å². The number of hydrogen-bond donors (Lipinski definition) is 1. The van der Waals surface area contributed by atoms with Crippen LogP contribution in [0.15, 0.2) is 0 Å². The van der Waals surface area contributed by atoms with E-state index >= 15 is 0 Å². The molecule has 0 aliphatic carbocycles. The molecule has 0 aromatic heterocycles. The van der Waals surface area contributed by atoms with E-state index in [2.05, 4.69) is 0 Å². The maximum absolute atomic E-state index is 10.9. The molecule has 0 spiro atoms. The predicted molar refractivity (Wildman–Crippen MR) is 41.3 cm³/mol. The Hall–Kier alpha value is -0.860. The fourth-order valence-corrected chi connectivity index (χ4v) is 0.810. The Morgan fingerprint density at radius 3 is 2.36 bits per heavy atom. The standard InChI is InChI=1S/C8H14O3/c1-3-4-7(9)5-6(2)8(10)11/h6H,3-5H2,1-2H3,(H,10,11). The summed E-state index contributed by atoms with van der Waals surface area (Å²) in [5, 5.41) is 8.45. The molecule has 0 saturated carbocycles. The molecule has 0 rings (SSSR count). The van der Waals surface area contributed by atoms with Crippen LogP contribution in [0.5, 0.6) is 0 Å². The first-order valence-electron chi connectivity index (χ1n) is 3.82. The third-order valence-electron chi connectivity index (χ3n) is 1.48. The van der Waals surface area contributed by atoms with E-state index in [4.69, 9.17) is 5.11 Å². The van der Waals surface area contributed by atoms with Crippen LogP contribution in [0.2, 0.25) is 0 Å². The first-order chi connectivity index (χ1) is 5.07. The summed E-state index contributed by atoms with van der Waals surface area (Å²) in [7, 11) is 0. The third kappa shape index (κ3) is 4.53. The molecule has 1 atom stereocenters. The smallest absolute Gasteiger partial charge is 0.306 e. The second-order valence-corrected chi connectivity index (χ2v) is 2.73. The van der Waals surface area contributed by atoms with Crippen molar-refractivity contribution >= 4 is 11.8 Å². The molecule has 0 aliphatic rings. The van der Waals surface area contributed by atoms with E-state index in [0.717, 1.165) is 6.42 Å².